The summed E-state index contributed by atoms with van der Waals surface area (Å²) < 4.78 is 38.8. The maximum atomic E-state index is 13.7. The van der Waals surface area contributed by atoms with Crippen LogP contribution in [0.5, 0.6) is 11.5 Å². The number of hydrogen-bond donors (Lipinski definition) is 2. The summed E-state index contributed by atoms with van der Waals surface area (Å²) in [6.07, 6.45) is 7.12. The molecule has 4 N–H and O–H groups in total. The number of rotatable bonds is 6. The molecule has 4 rings (SSSR count). The molecular formula is C33H30Cl4F2N4O2Si. The molecule has 0 radical (unpaired) electrons. The van der Waals surface area contributed by atoms with Gasteiger partial charge in [-0.2, -0.15) is 0 Å². The maximum absolute atomic E-state index is 13.7. The van der Waals surface area contributed by atoms with Crippen molar-refractivity contribution < 1.29 is 18.3 Å². The van der Waals surface area contributed by atoms with Gasteiger partial charge in [-0.3, -0.25) is 0 Å². The first kappa shape index (κ1) is 36.8. The lowest BCUT2D eigenvalue weighted by atomic mass is 10.1. The molecule has 0 saturated heterocycles. The number of ether oxygens (including phenoxy) is 2. The Morgan fingerprint density at radius 3 is 1.59 bits per heavy atom. The Labute approximate surface area is 288 Å². The zero-order chi connectivity index (χ0) is 34.3. The molecule has 2 heterocycles. The topological polar surface area (TPSA) is 96.3 Å². The fraction of sp³-hybridized carbons (Fsp3) is 0.212. The van der Waals surface area contributed by atoms with Gasteiger partial charge < -0.3 is 20.9 Å². The van der Waals surface area contributed by atoms with E-state index in [0.29, 0.717) is 38.0 Å². The quantitative estimate of drug-likeness (QED) is 0.117. The van der Waals surface area contributed by atoms with Crippen molar-refractivity contribution in [3.05, 3.63) is 103 Å². The number of aromatic nitrogens is 2. The van der Waals surface area contributed by atoms with Crippen LogP contribution in [-0.2, 0) is 0 Å². The third-order valence-electron chi connectivity index (χ3n) is 6.09. The van der Waals surface area contributed by atoms with E-state index in [-0.39, 0.29) is 27.4 Å². The lowest BCUT2D eigenvalue weighted by molar-refractivity contribution is 0.227. The van der Waals surface area contributed by atoms with Gasteiger partial charge in [0, 0.05) is 56.8 Å². The number of anilines is 2. The first-order chi connectivity index (χ1) is 21.5. The second kappa shape index (κ2) is 15.7. The van der Waals surface area contributed by atoms with Gasteiger partial charge in [-0.05, 0) is 38.1 Å². The van der Waals surface area contributed by atoms with E-state index in [1.165, 1.54) is 30.5 Å². The highest BCUT2D eigenvalue weighted by Crippen LogP contribution is 2.37. The molecule has 0 aliphatic carbocycles. The molecule has 0 saturated carbocycles. The van der Waals surface area contributed by atoms with Gasteiger partial charge in [-0.15, -0.1) is 12.0 Å². The van der Waals surface area contributed by atoms with E-state index >= 15 is 0 Å². The Balaban J connectivity index is 0.000000254. The molecule has 240 valence electrons. The standard InChI is InChI=1S/C18H19Cl2FN2OSi.C15H11Cl2FN2O/c1-11(16-13(19)5-6-14(21)17(16)20)24-15-9-12(10-23-18(15)22)7-8-25(2,3)4;1-3-9-6-12(15(19)20-7-9)21-8(2)13-10(16)4-5-11(18)14(13)17/h5-6,9-11H,1-4H3,(H2,22,23);1,4-8H,2H3,(H2,19,20). The summed E-state index contributed by atoms with van der Waals surface area (Å²) in [5, 5.41) is 0.462. The van der Waals surface area contributed by atoms with Crippen molar-refractivity contribution in [3.63, 3.8) is 0 Å². The molecule has 2 atom stereocenters. The zero-order valence-corrected chi connectivity index (χ0v) is 29.5. The van der Waals surface area contributed by atoms with Crippen LogP contribution in [0.4, 0.5) is 20.4 Å². The Bertz CT molecular complexity index is 1850. The molecule has 0 fully saturated rings. The average Bonchev–Trinajstić information content (AvgIpc) is 2.99. The summed E-state index contributed by atoms with van der Waals surface area (Å²) in [5.41, 5.74) is 16.8. The number of benzene rings is 2. The molecular weight excluding hydrogens is 692 g/mol. The van der Waals surface area contributed by atoms with Gasteiger partial charge in [0.15, 0.2) is 23.1 Å². The summed E-state index contributed by atoms with van der Waals surface area (Å²) in [4.78, 5) is 8.04. The van der Waals surface area contributed by atoms with Crippen molar-refractivity contribution in [2.45, 2.75) is 45.7 Å². The van der Waals surface area contributed by atoms with Crippen LogP contribution in [0, 0.1) is 35.4 Å². The first-order valence-electron chi connectivity index (χ1n) is 13.6. The van der Waals surface area contributed by atoms with E-state index in [1.54, 1.807) is 32.2 Å². The molecule has 0 aliphatic heterocycles. The Hall–Kier alpha value is -3.70. The number of nitrogen functional groups attached to an aromatic ring is 2. The minimum atomic E-state index is -1.51. The molecule has 2 unspecified atom stereocenters. The summed E-state index contributed by atoms with van der Waals surface area (Å²) in [6, 6.07) is 8.54. The zero-order valence-electron chi connectivity index (χ0n) is 25.5. The van der Waals surface area contributed by atoms with Crippen molar-refractivity contribution in [3.8, 4) is 35.3 Å². The van der Waals surface area contributed by atoms with Crippen LogP contribution < -0.4 is 20.9 Å². The minimum absolute atomic E-state index is 0.0683. The van der Waals surface area contributed by atoms with Gasteiger partial charge >= 0.3 is 0 Å². The molecule has 13 heteroatoms. The Morgan fingerprint density at radius 2 is 1.17 bits per heavy atom. The number of nitrogens with zero attached hydrogens (tertiary/aromatic N) is 2. The summed E-state index contributed by atoms with van der Waals surface area (Å²) in [7, 11) is -1.51. The van der Waals surface area contributed by atoms with Crippen molar-refractivity contribution in [2.24, 2.45) is 0 Å². The summed E-state index contributed by atoms with van der Waals surface area (Å²) in [5.74, 6) is 5.42. The van der Waals surface area contributed by atoms with Crippen molar-refractivity contribution >= 4 is 66.1 Å². The van der Waals surface area contributed by atoms with Crippen LogP contribution in [0.15, 0.2) is 48.8 Å². The first-order valence-corrected chi connectivity index (χ1v) is 18.6. The second-order valence-corrected chi connectivity index (χ2v) is 17.2. The van der Waals surface area contributed by atoms with Crippen molar-refractivity contribution in [1.29, 1.82) is 0 Å². The molecule has 4 aromatic rings. The third-order valence-corrected chi connectivity index (χ3v) is 8.39. The highest BCUT2D eigenvalue weighted by atomic mass is 35.5. The van der Waals surface area contributed by atoms with Crippen LogP contribution >= 0.6 is 46.4 Å². The van der Waals surface area contributed by atoms with Crippen LogP contribution in [0.1, 0.15) is 48.3 Å². The van der Waals surface area contributed by atoms with E-state index in [4.69, 9.17) is 73.8 Å². The number of hydrogen-bond acceptors (Lipinski definition) is 6. The van der Waals surface area contributed by atoms with E-state index in [1.807, 2.05) is 0 Å². The molecule has 0 aliphatic rings. The van der Waals surface area contributed by atoms with E-state index in [2.05, 4.69) is 47.0 Å². The summed E-state index contributed by atoms with van der Waals surface area (Å²) >= 11 is 24.2. The monoisotopic (exact) mass is 720 g/mol. The largest absolute Gasteiger partial charge is 0.482 e. The fourth-order valence-corrected chi connectivity index (χ4v) is 5.71. The normalized spacial score (nSPS) is 12.0. The smallest absolute Gasteiger partial charge is 0.166 e. The number of halogens is 6. The molecule has 0 spiro atoms. The van der Waals surface area contributed by atoms with E-state index < -0.39 is 31.9 Å². The number of nitrogens with two attached hydrogens (primary N) is 2. The van der Waals surface area contributed by atoms with Crippen LogP contribution in [-0.4, -0.2) is 18.0 Å². The van der Waals surface area contributed by atoms with Gasteiger partial charge in [0.1, 0.15) is 31.9 Å². The third kappa shape index (κ3) is 9.65. The number of terminal acetylenes is 1. The van der Waals surface area contributed by atoms with Gasteiger partial charge in [-0.1, -0.05) is 77.9 Å². The van der Waals surface area contributed by atoms with E-state index in [0.717, 1.165) is 0 Å². The molecule has 0 bridgehead atoms. The van der Waals surface area contributed by atoms with Crippen LogP contribution in [0.3, 0.4) is 0 Å². The average molecular weight is 723 g/mol. The predicted molar refractivity (Wildman–Crippen MR) is 186 cm³/mol. The minimum Gasteiger partial charge on any atom is -0.482 e. The Kier molecular flexibility index (Phi) is 12.6. The Morgan fingerprint density at radius 1 is 0.761 bits per heavy atom. The molecule has 0 amide bonds. The maximum Gasteiger partial charge on any atom is 0.166 e. The lowest BCUT2D eigenvalue weighted by Gasteiger charge is -2.19. The highest BCUT2D eigenvalue weighted by molar-refractivity contribution is 6.83. The van der Waals surface area contributed by atoms with Gasteiger partial charge in [0.25, 0.3) is 0 Å². The summed E-state index contributed by atoms with van der Waals surface area (Å²) in [6.45, 7) is 9.84. The lowest BCUT2D eigenvalue weighted by Crippen LogP contribution is -2.16. The molecule has 2 aromatic carbocycles. The SMILES string of the molecule is C#Cc1cnc(N)c(OC(C)c2c(Cl)ccc(F)c2Cl)c1.CC(Oc1cc(C#C[Si](C)(C)C)cnc1N)c1c(Cl)ccc(F)c1Cl. The van der Waals surface area contributed by atoms with Crippen LogP contribution in [0.2, 0.25) is 39.7 Å². The van der Waals surface area contributed by atoms with Gasteiger partial charge in [0.2, 0.25) is 0 Å². The van der Waals surface area contributed by atoms with Crippen LogP contribution in [0.25, 0.3) is 0 Å². The van der Waals surface area contributed by atoms with Crippen molar-refractivity contribution in [2.75, 3.05) is 11.5 Å². The molecule has 6 nitrogen and oxygen atoms in total. The second-order valence-electron chi connectivity index (χ2n) is 10.9. The van der Waals surface area contributed by atoms with Gasteiger partial charge in [0.05, 0.1) is 10.0 Å². The fourth-order valence-electron chi connectivity index (χ4n) is 3.84. The highest BCUT2D eigenvalue weighted by Gasteiger charge is 2.21. The number of pyridine rings is 2. The molecule has 2 aromatic heterocycles. The van der Waals surface area contributed by atoms with E-state index in [9.17, 15) is 8.78 Å². The molecule has 46 heavy (non-hydrogen) atoms. The van der Waals surface area contributed by atoms with Crippen molar-refractivity contribution in [1.82, 2.24) is 9.97 Å². The predicted octanol–water partition coefficient (Wildman–Crippen LogP) is 9.71. The van der Waals surface area contributed by atoms with Gasteiger partial charge in [-0.25, -0.2) is 18.7 Å².